The summed E-state index contributed by atoms with van der Waals surface area (Å²) in [7, 11) is -4.73. The maximum absolute atomic E-state index is 10.8. The zero-order chi connectivity index (χ0) is 17.1. The van der Waals surface area contributed by atoms with Crippen LogP contribution in [0.5, 0.6) is 5.75 Å². The second-order valence-corrected chi connectivity index (χ2v) is 8.89. The van der Waals surface area contributed by atoms with E-state index in [1.807, 2.05) is 6.07 Å². The van der Waals surface area contributed by atoms with E-state index in [0.717, 1.165) is 44.1 Å². The quantitative estimate of drug-likeness (QED) is 0.654. The molecule has 2 saturated carbocycles. The Hall–Kier alpha value is -1.11. The maximum Gasteiger partial charge on any atom is 0.262 e. The van der Waals surface area contributed by atoms with Gasteiger partial charge in [0.2, 0.25) is 0 Å². The standard InChI is InChI=1S/C18H24O5S/c1-18-9-8-14-13-5-3-12(23-24(20,21)22)10-11(13)2-4-15(14)16(18)6-7-17(18)19/h3,5,10,14-17,19H,2,4,6-9H2,1H3,(H,20,21,22)/p-1/t14-,15-,16+,17?,18+/m1/s1. The highest BCUT2D eigenvalue weighted by atomic mass is 32.3. The minimum atomic E-state index is -4.73. The van der Waals surface area contributed by atoms with E-state index < -0.39 is 10.4 Å². The third-order valence-electron chi connectivity index (χ3n) is 6.85. The molecule has 132 valence electrons. The van der Waals surface area contributed by atoms with Crippen LogP contribution in [0.4, 0.5) is 0 Å². The number of aliphatic hydroxyl groups is 1. The summed E-state index contributed by atoms with van der Waals surface area (Å²) in [4.78, 5) is 0. The van der Waals surface area contributed by atoms with Gasteiger partial charge >= 0.3 is 0 Å². The van der Waals surface area contributed by atoms with Crippen molar-refractivity contribution in [3.63, 3.8) is 0 Å². The Kier molecular flexibility index (Phi) is 3.71. The van der Waals surface area contributed by atoms with Gasteiger partial charge in [-0.05, 0) is 85.0 Å². The molecular weight excluding hydrogens is 328 g/mol. The molecule has 6 heteroatoms. The van der Waals surface area contributed by atoms with Gasteiger partial charge in [-0.2, -0.15) is 0 Å². The zero-order valence-electron chi connectivity index (χ0n) is 13.8. The highest BCUT2D eigenvalue weighted by Crippen LogP contribution is 2.60. The fourth-order valence-corrected chi connectivity index (χ4v) is 6.04. The van der Waals surface area contributed by atoms with Crippen LogP contribution in [0.25, 0.3) is 0 Å². The lowest BCUT2D eigenvalue weighted by atomic mass is 9.55. The lowest BCUT2D eigenvalue weighted by Gasteiger charge is -2.50. The first-order valence-corrected chi connectivity index (χ1v) is 10.1. The van der Waals surface area contributed by atoms with Crippen molar-refractivity contribution in [3.8, 4) is 5.75 Å². The van der Waals surface area contributed by atoms with E-state index in [0.29, 0.717) is 17.8 Å². The predicted molar refractivity (Wildman–Crippen MR) is 87.4 cm³/mol. The van der Waals surface area contributed by atoms with Gasteiger partial charge < -0.3 is 13.8 Å². The van der Waals surface area contributed by atoms with E-state index in [9.17, 15) is 18.1 Å². The van der Waals surface area contributed by atoms with Crippen LogP contribution in [0.15, 0.2) is 18.2 Å². The van der Waals surface area contributed by atoms with Crippen molar-refractivity contribution in [1.82, 2.24) is 0 Å². The molecule has 0 bridgehead atoms. The van der Waals surface area contributed by atoms with Gasteiger partial charge in [-0.1, -0.05) is 13.0 Å². The molecule has 0 spiro atoms. The Morgan fingerprint density at radius 1 is 1.25 bits per heavy atom. The van der Waals surface area contributed by atoms with Crippen molar-refractivity contribution in [3.05, 3.63) is 29.3 Å². The van der Waals surface area contributed by atoms with E-state index in [2.05, 4.69) is 11.1 Å². The first kappa shape index (κ1) is 16.4. The summed E-state index contributed by atoms with van der Waals surface area (Å²) in [5.41, 5.74) is 2.42. The van der Waals surface area contributed by atoms with Gasteiger partial charge in [-0.25, -0.2) is 8.42 Å². The van der Waals surface area contributed by atoms with Crippen LogP contribution in [-0.4, -0.2) is 24.2 Å². The molecular formula is C18H23O5S-. The summed E-state index contributed by atoms with van der Waals surface area (Å²) in [5, 5.41) is 10.4. The molecule has 3 aliphatic rings. The summed E-state index contributed by atoms with van der Waals surface area (Å²) in [5.74, 6) is 1.73. The van der Waals surface area contributed by atoms with Gasteiger partial charge in [0.1, 0.15) is 5.75 Å². The van der Waals surface area contributed by atoms with Crippen molar-refractivity contribution in [2.24, 2.45) is 17.3 Å². The fraction of sp³-hybridized carbons (Fsp3) is 0.667. The zero-order valence-corrected chi connectivity index (χ0v) is 14.6. The molecule has 1 N–H and O–H groups in total. The molecule has 0 heterocycles. The molecule has 0 amide bonds. The van der Waals surface area contributed by atoms with Crippen LogP contribution >= 0.6 is 0 Å². The largest absolute Gasteiger partial charge is 0.716 e. The van der Waals surface area contributed by atoms with Crippen LogP contribution in [0.3, 0.4) is 0 Å². The molecule has 1 aromatic carbocycles. The lowest BCUT2D eigenvalue weighted by Crippen LogP contribution is -2.43. The highest BCUT2D eigenvalue weighted by Gasteiger charge is 2.54. The first-order valence-electron chi connectivity index (χ1n) is 8.74. The third-order valence-corrected chi connectivity index (χ3v) is 7.24. The van der Waals surface area contributed by atoms with Crippen molar-refractivity contribution >= 4 is 10.4 Å². The van der Waals surface area contributed by atoms with Crippen molar-refractivity contribution < 1.29 is 22.3 Å². The van der Waals surface area contributed by atoms with Crippen molar-refractivity contribution in [1.29, 1.82) is 0 Å². The lowest BCUT2D eigenvalue weighted by molar-refractivity contribution is -0.0226. The SMILES string of the molecule is C[C@]12CC[C@@H]3c4ccc(OS(=O)(=O)[O-])cc4CC[C@H]3[C@@H]1CCC2O. The Morgan fingerprint density at radius 3 is 2.79 bits per heavy atom. The highest BCUT2D eigenvalue weighted by molar-refractivity contribution is 7.81. The van der Waals surface area contributed by atoms with Crippen molar-refractivity contribution in [2.45, 2.75) is 57.5 Å². The second-order valence-electron chi connectivity index (χ2n) is 7.91. The van der Waals surface area contributed by atoms with Gasteiger partial charge in [0, 0.05) is 0 Å². The molecule has 5 atom stereocenters. The van der Waals surface area contributed by atoms with Gasteiger partial charge in [-0.15, -0.1) is 0 Å². The Balaban J connectivity index is 1.63. The average Bonchev–Trinajstić information content (AvgIpc) is 2.81. The predicted octanol–water partition coefficient (Wildman–Crippen LogP) is 2.74. The molecule has 4 rings (SSSR count). The minimum absolute atomic E-state index is 0.0539. The Morgan fingerprint density at radius 2 is 2.04 bits per heavy atom. The number of fused-ring (bicyclic) bond motifs is 5. The normalized spacial score (nSPS) is 38.1. The molecule has 24 heavy (non-hydrogen) atoms. The van der Waals surface area contributed by atoms with Crippen LogP contribution in [-0.2, 0) is 16.8 Å². The number of benzene rings is 1. The van der Waals surface area contributed by atoms with E-state index in [1.54, 1.807) is 12.1 Å². The van der Waals surface area contributed by atoms with Crippen molar-refractivity contribution in [2.75, 3.05) is 0 Å². The van der Waals surface area contributed by atoms with Gasteiger partial charge in [0.25, 0.3) is 10.4 Å². The van der Waals surface area contributed by atoms with E-state index in [1.165, 1.54) is 5.56 Å². The molecule has 0 aromatic heterocycles. The van der Waals surface area contributed by atoms with Gasteiger partial charge in [-0.3, -0.25) is 0 Å². The number of aryl methyl sites for hydroxylation is 1. The second kappa shape index (κ2) is 5.44. The third kappa shape index (κ3) is 2.55. The number of hydrogen-bond donors (Lipinski definition) is 1. The molecule has 2 fully saturated rings. The number of aliphatic hydroxyl groups excluding tert-OH is 1. The summed E-state index contributed by atoms with van der Waals surface area (Å²) >= 11 is 0. The Bertz CT molecular complexity index is 759. The molecule has 3 aliphatic carbocycles. The van der Waals surface area contributed by atoms with Crippen LogP contribution in [0.1, 0.15) is 56.1 Å². The summed E-state index contributed by atoms with van der Waals surface area (Å²) < 4.78 is 36.8. The maximum atomic E-state index is 10.8. The topological polar surface area (TPSA) is 86.7 Å². The van der Waals surface area contributed by atoms with E-state index in [4.69, 9.17) is 0 Å². The van der Waals surface area contributed by atoms with E-state index in [-0.39, 0.29) is 17.3 Å². The molecule has 0 radical (unpaired) electrons. The van der Waals surface area contributed by atoms with Crippen LogP contribution in [0, 0.1) is 17.3 Å². The summed E-state index contributed by atoms with van der Waals surface area (Å²) in [6.07, 6.45) is 5.85. The van der Waals surface area contributed by atoms with E-state index >= 15 is 0 Å². The average molecular weight is 351 g/mol. The number of hydrogen-bond acceptors (Lipinski definition) is 5. The van der Waals surface area contributed by atoms with Gasteiger partial charge in [0.15, 0.2) is 0 Å². The minimum Gasteiger partial charge on any atom is -0.716 e. The van der Waals surface area contributed by atoms with Crippen LogP contribution in [0.2, 0.25) is 0 Å². The first-order chi connectivity index (χ1) is 11.3. The fourth-order valence-electron chi connectivity index (χ4n) is 5.70. The monoisotopic (exact) mass is 351 g/mol. The Labute approximate surface area is 143 Å². The molecule has 1 unspecified atom stereocenters. The van der Waals surface area contributed by atoms with Crippen LogP contribution < -0.4 is 4.18 Å². The molecule has 0 aliphatic heterocycles. The van der Waals surface area contributed by atoms with Gasteiger partial charge in [0.05, 0.1) is 6.10 Å². The number of rotatable bonds is 2. The molecule has 5 nitrogen and oxygen atoms in total. The smallest absolute Gasteiger partial charge is 0.262 e. The summed E-state index contributed by atoms with van der Waals surface area (Å²) in [6.45, 7) is 2.25. The molecule has 0 saturated heterocycles. The molecule has 1 aromatic rings. The summed E-state index contributed by atoms with van der Waals surface area (Å²) in [6, 6.07) is 5.23.